The molecule has 0 radical (unpaired) electrons. The summed E-state index contributed by atoms with van der Waals surface area (Å²) in [6, 6.07) is -1.27. The maximum absolute atomic E-state index is 10.8. The molecule has 0 heterocycles. The summed E-state index contributed by atoms with van der Waals surface area (Å²) in [4.78, 5) is 21.3. The number of rotatable bonds is 2. The van der Waals surface area contributed by atoms with E-state index in [1.54, 1.807) is 0 Å². The van der Waals surface area contributed by atoms with E-state index < -0.39 is 24.2 Å². The molecule has 3 atom stereocenters. The molecule has 4 N–H and O–H groups in total. The van der Waals surface area contributed by atoms with Gasteiger partial charge in [0, 0.05) is 13.0 Å². The average molecular weight is 252 g/mol. The molecular weight excluding hydrogens is 235 g/mol. The van der Waals surface area contributed by atoms with Gasteiger partial charge in [-0.1, -0.05) is 7.43 Å². The number of nitrogens with one attached hydrogen (secondary N) is 1. The first-order valence-electron chi connectivity index (χ1n) is 4.54. The molecule has 0 saturated carbocycles. The van der Waals surface area contributed by atoms with E-state index in [2.05, 4.69) is 5.32 Å². The summed E-state index contributed by atoms with van der Waals surface area (Å²) < 4.78 is 0. The van der Waals surface area contributed by atoms with Crippen molar-refractivity contribution in [3.05, 3.63) is 11.6 Å². The molecule has 1 aliphatic rings. The standard InChI is InChI=1S/C9H14N2O4.CH4.Na/c1-4(12)11-8-6(10)2-5(9(14)15)3-7(8)13;;/h3,6-8,13H,2,10H2,1H3,(H,11,12)(H,14,15);1H4;/q;;+1/p-1/t6-,7+,8+;;/m0../s1. The van der Waals surface area contributed by atoms with Crippen molar-refractivity contribution in [3.8, 4) is 0 Å². The van der Waals surface area contributed by atoms with Crippen LogP contribution in [-0.2, 0) is 9.59 Å². The number of nitrogens with two attached hydrogens (primary N) is 1. The fourth-order valence-corrected chi connectivity index (χ4v) is 1.59. The van der Waals surface area contributed by atoms with Crippen LogP contribution in [0.1, 0.15) is 20.8 Å². The van der Waals surface area contributed by atoms with Crippen molar-refractivity contribution in [2.24, 2.45) is 5.73 Å². The maximum Gasteiger partial charge on any atom is 1.00 e. The van der Waals surface area contributed by atoms with Crippen molar-refractivity contribution in [3.63, 3.8) is 0 Å². The average Bonchev–Trinajstić information content (AvgIpc) is 2.10. The van der Waals surface area contributed by atoms with E-state index in [0.29, 0.717) is 0 Å². The second-order valence-electron chi connectivity index (χ2n) is 3.56. The molecule has 7 heteroatoms. The fourth-order valence-electron chi connectivity index (χ4n) is 1.59. The van der Waals surface area contributed by atoms with Crippen LogP contribution < -0.4 is 45.7 Å². The molecule has 0 saturated heterocycles. The second kappa shape index (κ2) is 7.84. The zero-order valence-electron chi connectivity index (χ0n) is 9.27. The Hall–Kier alpha value is -0.400. The molecule has 0 aromatic carbocycles. The van der Waals surface area contributed by atoms with Crippen LogP contribution in [0.25, 0.3) is 0 Å². The van der Waals surface area contributed by atoms with E-state index in [-0.39, 0.29) is 54.9 Å². The largest absolute Gasteiger partial charge is 1.00 e. The number of aliphatic carboxylic acids is 1. The molecule has 92 valence electrons. The Morgan fingerprint density at radius 1 is 1.59 bits per heavy atom. The van der Waals surface area contributed by atoms with Crippen LogP contribution in [0.3, 0.4) is 0 Å². The molecule has 1 aliphatic carbocycles. The van der Waals surface area contributed by atoms with Crippen molar-refractivity contribution in [1.29, 1.82) is 0 Å². The zero-order valence-corrected chi connectivity index (χ0v) is 11.3. The SMILES string of the molecule is C.CC(=O)N[C@H]1[C@H](O)C=C(C(=O)[O-])C[C@@H]1N.[Na+]. The summed E-state index contributed by atoms with van der Waals surface area (Å²) in [5, 5.41) is 22.6. The summed E-state index contributed by atoms with van der Waals surface area (Å²) >= 11 is 0. The van der Waals surface area contributed by atoms with Crippen LogP contribution in [0, 0.1) is 0 Å². The second-order valence-corrected chi connectivity index (χ2v) is 3.56. The maximum atomic E-state index is 10.8. The van der Waals surface area contributed by atoms with Gasteiger partial charge in [-0.15, -0.1) is 0 Å². The van der Waals surface area contributed by atoms with Crippen molar-refractivity contribution in [1.82, 2.24) is 5.32 Å². The molecule has 0 aromatic rings. The predicted octanol–water partition coefficient (Wildman–Crippen LogP) is -5.10. The van der Waals surface area contributed by atoms with Gasteiger partial charge in [0.15, 0.2) is 0 Å². The van der Waals surface area contributed by atoms with E-state index in [1.165, 1.54) is 6.92 Å². The fraction of sp³-hybridized carbons (Fsp3) is 0.600. The number of carbonyl (C=O) groups is 2. The summed E-state index contributed by atoms with van der Waals surface area (Å²) in [6.45, 7) is 1.30. The Labute approximate surface area is 123 Å². The van der Waals surface area contributed by atoms with E-state index in [9.17, 15) is 19.8 Å². The van der Waals surface area contributed by atoms with Gasteiger partial charge in [0.2, 0.25) is 5.91 Å². The van der Waals surface area contributed by atoms with Gasteiger partial charge in [-0.05, 0) is 18.1 Å². The van der Waals surface area contributed by atoms with Crippen LogP contribution >= 0.6 is 0 Å². The number of amides is 1. The first-order valence-corrected chi connectivity index (χ1v) is 4.54. The Morgan fingerprint density at radius 3 is 2.47 bits per heavy atom. The molecule has 1 rings (SSSR count). The predicted molar refractivity (Wildman–Crippen MR) is 56.0 cm³/mol. The molecule has 1 amide bonds. The Bertz CT molecular complexity index is 319. The van der Waals surface area contributed by atoms with Crippen molar-refractivity contribution in [2.75, 3.05) is 0 Å². The number of carbonyl (C=O) groups excluding carboxylic acids is 2. The minimum atomic E-state index is -1.34. The summed E-state index contributed by atoms with van der Waals surface area (Å²) in [5.41, 5.74) is 5.61. The number of carboxylic acids is 1. The quantitative estimate of drug-likeness (QED) is 0.425. The van der Waals surface area contributed by atoms with Gasteiger partial charge in [-0.25, -0.2) is 0 Å². The summed E-state index contributed by atoms with van der Waals surface area (Å²) in [6.07, 6.45) is 0.134. The molecule has 6 nitrogen and oxygen atoms in total. The van der Waals surface area contributed by atoms with E-state index in [1.807, 2.05) is 0 Å². The van der Waals surface area contributed by atoms with Crippen LogP contribution in [-0.4, -0.2) is 35.2 Å². The Kier molecular flexibility index (Phi) is 8.74. The Balaban J connectivity index is 0. The van der Waals surface area contributed by atoms with Gasteiger partial charge >= 0.3 is 29.6 Å². The molecule has 0 aliphatic heterocycles. The zero-order chi connectivity index (χ0) is 11.6. The molecule has 17 heavy (non-hydrogen) atoms. The van der Waals surface area contributed by atoms with E-state index in [0.717, 1.165) is 6.08 Å². The van der Waals surface area contributed by atoms with Crippen LogP contribution in [0.2, 0.25) is 0 Å². The molecule has 0 bridgehead atoms. The molecular formula is C10H17N2NaO4. The minimum Gasteiger partial charge on any atom is -0.545 e. The normalized spacial score (nSPS) is 27.0. The summed E-state index contributed by atoms with van der Waals surface area (Å²) in [7, 11) is 0. The van der Waals surface area contributed by atoms with Gasteiger partial charge in [0.25, 0.3) is 0 Å². The number of carboxylic acid groups (broad SMARTS) is 1. The minimum absolute atomic E-state index is 0. The third-order valence-electron chi connectivity index (χ3n) is 2.29. The molecule has 0 unspecified atom stereocenters. The Morgan fingerprint density at radius 2 is 2.12 bits per heavy atom. The topological polar surface area (TPSA) is 115 Å². The van der Waals surface area contributed by atoms with Crippen molar-refractivity contribution < 1.29 is 49.4 Å². The van der Waals surface area contributed by atoms with Gasteiger partial charge < -0.3 is 26.1 Å². The smallest absolute Gasteiger partial charge is 0.545 e. The van der Waals surface area contributed by atoms with E-state index >= 15 is 0 Å². The third-order valence-corrected chi connectivity index (χ3v) is 2.29. The number of aliphatic hydroxyl groups excluding tert-OH is 1. The van der Waals surface area contributed by atoms with Gasteiger partial charge in [-0.2, -0.15) is 0 Å². The van der Waals surface area contributed by atoms with Gasteiger partial charge in [-0.3, -0.25) is 4.79 Å². The number of hydrogen-bond acceptors (Lipinski definition) is 5. The monoisotopic (exact) mass is 252 g/mol. The first kappa shape index (κ1) is 19.0. The third kappa shape index (κ3) is 5.18. The van der Waals surface area contributed by atoms with Crippen LogP contribution in [0.5, 0.6) is 0 Å². The van der Waals surface area contributed by atoms with Crippen LogP contribution in [0.4, 0.5) is 0 Å². The van der Waals surface area contributed by atoms with Gasteiger partial charge in [0.05, 0.1) is 18.1 Å². The van der Waals surface area contributed by atoms with Crippen molar-refractivity contribution >= 4 is 11.9 Å². The van der Waals surface area contributed by atoms with E-state index in [4.69, 9.17) is 5.73 Å². The first-order chi connectivity index (χ1) is 6.91. The van der Waals surface area contributed by atoms with Gasteiger partial charge in [0.1, 0.15) is 0 Å². The molecule has 0 aromatic heterocycles. The molecule has 0 fully saturated rings. The number of hydrogen-bond donors (Lipinski definition) is 3. The molecule has 0 spiro atoms. The van der Waals surface area contributed by atoms with Crippen molar-refractivity contribution in [2.45, 2.75) is 39.0 Å². The number of aliphatic hydroxyl groups is 1. The summed E-state index contributed by atoms with van der Waals surface area (Å²) in [5.74, 6) is -1.66. The van der Waals surface area contributed by atoms with Crippen LogP contribution in [0.15, 0.2) is 11.6 Å².